The van der Waals surface area contributed by atoms with Gasteiger partial charge in [0, 0.05) is 37.0 Å². The fourth-order valence-electron chi connectivity index (χ4n) is 5.06. The molecule has 4 aromatic rings. The minimum Gasteiger partial charge on any atom is -0.493 e. The summed E-state index contributed by atoms with van der Waals surface area (Å²) in [6, 6.07) is 22.0. The van der Waals surface area contributed by atoms with E-state index in [1.54, 1.807) is 48.1 Å². The average molecular weight is 663 g/mol. The second kappa shape index (κ2) is 14.0. The number of nitrogens with zero attached hydrogens (tertiary/aromatic N) is 4. The van der Waals surface area contributed by atoms with Crippen LogP contribution in [0, 0.1) is 0 Å². The maximum absolute atomic E-state index is 13.6. The Morgan fingerprint density at radius 2 is 1.69 bits per heavy atom. The summed E-state index contributed by atoms with van der Waals surface area (Å²) in [6.07, 6.45) is 4.19. The van der Waals surface area contributed by atoms with Crippen molar-refractivity contribution in [3.63, 3.8) is 0 Å². The second-order valence-electron chi connectivity index (χ2n) is 10.1. The van der Waals surface area contributed by atoms with Gasteiger partial charge in [-0.2, -0.15) is 9.40 Å². The summed E-state index contributed by atoms with van der Waals surface area (Å²) in [6.45, 7) is 4.76. The van der Waals surface area contributed by atoms with E-state index in [1.165, 1.54) is 16.1 Å². The van der Waals surface area contributed by atoms with Gasteiger partial charge in [0.15, 0.2) is 11.5 Å². The first kappa shape index (κ1) is 32.4. The molecule has 0 bridgehead atoms. The molecule has 1 saturated heterocycles. The van der Waals surface area contributed by atoms with E-state index in [1.807, 2.05) is 74.6 Å². The van der Waals surface area contributed by atoms with Crippen LogP contribution < -0.4 is 9.47 Å². The molecule has 0 radical (unpaired) electrons. The van der Waals surface area contributed by atoms with E-state index in [0.29, 0.717) is 63.6 Å². The zero-order chi connectivity index (χ0) is 32.1. The predicted octanol–water partition coefficient (Wildman–Crippen LogP) is 6.03. The van der Waals surface area contributed by atoms with E-state index in [-0.39, 0.29) is 10.8 Å². The second-order valence-corrected chi connectivity index (χ2v) is 13.7. The fourth-order valence-corrected chi connectivity index (χ4v) is 7.86. The van der Waals surface area contributed by atoms with Crippen molar-refractivity contribution < 1.29 is 22.7 Å². The molecular weight excluding hydrogens is 629 g/mol. The summed E-state index contributed by atoms with van der Waals surface area (Å²) in [5, 5.41) is 4.85. The molecule has 1 aromatic heterocycles. The summed E-state index contributed by atoms with van der Waals surface area (Å²) in [7, 11) is -0.514. The molecule has 1 amide bonds. The van der Waals surface area contributed by atoms with Gasteiger partial charge in [-0.1, -0.05) is 74.2 Å². The summed E-state index contributed by atoms with van der Waals surface area (Å²) >= 11 is 6.85. The van der Waals surface area contributed by atoms with Gasteiger partial charge in [-0.05, 0) is 54.5 Å². The molecule has 5 rings (SSSR count). The van der Waals surface area contributed by atoms with Gasteiger partial charge in [0.1, 0.15) is 10.0 Å². The van der Waals surface area contributed by atoms with Crippen LogP contribution in [0.1, 0.15) is 25.0 Å². The monoisotopic (exact) mass is 662 g/mol. The number of amides is 1. The van der Waals surface area contributed by atoms with E-state index in [9.17, 15) is 13.2 Å². The van der Waals surface area contributed by atoms with E-state index in [0.717, 1.165) is 11.3 Å². The maximum atomic E-state index is 13.6. The Morgan fingerprint density at radius 1 is 0.956 bits per heavy atom. The molecule has 1 aliphatic heterocycles. The summed E-state index contributed by atoms with van der Waals surface area (Å²) < 4.78 is 41.0. The van der Waals surface area contributed by atoms with Crippen molar-refractivity contribution in [3.8, 4) is 28.4 Å². The number of hydrogen-bond donors (Lipinski definition) is 0. The van der Waals surface area contributed by atoms with Crippen LogP contribution in [0.3, 0.4) is 0 Å². The van der Waals surface area contributed by atoms with Crippen molar-refractivity contribution in [3.05, 3.63) is 95.0 Å². The van der Waals surface area contributed by atoms with Crippen molar-refractivity contribution in [1.82, 2.24) is 19.0 Å². The lowest BCUT2D eigenvalue weighted by molar-refractivity contribution is -0.122. The van der Waals surface area contributed by atoms with Gasteiger partial charge in [0.2, 0.25) is 10.0 Å². The van der Waals surface area contributed by atoms with Crippen LogP contribution in [0.2, 0.25) is 0 Å². The third-order valence-corrected chi connectivity index (χ3v) is 10.9. The van der Waals surface area contributed by atoms with E-state index < -0.39 is 10.0 Å². The van der Waals surface area contributed by atoms with Crippen molar-refractivity contribution in [1.29, 1.82) is 0 Å². The first-order valence-corrected chi connectivity index (χ1v) is 17.1. The molecule has 45 heavy (non-hydrogen) atoms. The van der Waals surface area contributed by atoms with Crippen molar-refractivity contribution in [2.75, 3.05) is 33.9 Å². The van der Waals surface area contributed by atoms with Gasteiger partial charge < -0.3 is 9.47 Å². The first-order valence-electron chi connectivity index (χ1n) is 14.4. The molecule has 2 heterocycles. The number of rotatable bonds is 12. The van der Waals surface area contributed by atoms with E-state index in [4.69, 9.17) is 26.8 Å². The molecule has 0 atom stereocenters. The maximum Gasteiger partial charge on any atom is 0.266 e. The number of sulfonamides is 1. The number of aromatic nitrogens is 2. The standard InChI is InChI=1S/C33H34N4O5S3/c1-5-35(6-2)45(39,40)27-14-10-11-24(20-27)31-25(22-37(34-31)26-12-8-7-9-13-26)21-30-32(38)36(33(43)44-30)18-17-23-15-16-28(41-3)29(19-23)42-4/h7-16,19-22H,5-6,17-18H2,1-4H3. The normalized spacial score (nSPS) is 14.5. The number of hydrogen-bond acceptors (Lipinski definition) is 8. The van der Waals surface area contributed by atoms with Crippen molar-refractivity contribution in [2.24, 2.45) is 0 Å². The molecule has 0 saturated carbocycles. The van der Waals surface area contributed by atoms with Gasteiger partial charge in [0.05, 0.1) is 29.7 Å². The summed E-state index contributed by atoms with van der Waals surface area (Å²) in [5.41, 5.74) is 3.64. The smallest absolute Gasteiger partial charge is 0.266 e. The Balaban J connectivity index is 1.48. The van der Waals surface area contributed by atoms with Crippen LogP contribution in [0.15, 0.2) is 88.8 Å². The SMILES string of the molecule is CCN(CC)S(=O)(=O)c1cccc(-c2nn(-c3ccccc3)cc2C=C2SC(=S)N(CCc3ccc(OC)c(OC)c3)C2=O)c1. The number of carbonyl (C=O) groups is 1. The number of ether oxygens (including phenoxy) is 2. The van der Waals surface area contributed by atoms with Crippen LogP contribution >= 0.6 is 24.0 Å². The summed E-state index contributed by atoms with van der Waals surface area (Å²) in [4.78, 5) is 15.9. The third-order valence-electron chi connectivity index (χ3n) is 7.45. The predicted molar refractivity (Wildman–Crippen MR) is 182 cm³/mol. The first-order chi connectivity index (χ1) is 21.7. The number of carbonyl (C=O) groups excluding carboxylic acids is 1. The fraction of sp³-hybridized carbons (Fsp3) is 0.242. The molecule has 0 spiro atoms. The van der Waals surface area contributed by atoms with E-state index in [2.05, 4.69) is 0 Å². The third kappa shape index (κ3) is 6.84. The highest BCUT2D eigenvalue weighted by Gasteiger charge is 2.32. The Hall–Kier alpha value is -3.97. The molecule has 12 heteroatoms. The summed E-state index contributed by atoms with van der Waals surface area (Å²) in [5.74, 6) is 1.07. The lowest BCUT2D eigenvalue weighted by Gasteiger charge is -2.18. The number of methoxy groups -OCH3 is 2. The zero-order valence-corrected chi connectivity index (χ0v) is 27.9. The Morgan fingerprint density at radius 3 is 2.38 bits per heavy atom. The quantitative estimate of drug-likeness (QED) is 0.134. The van der Waals surface area contributed by atoms with Crippen molar-refractivity contribution in [2.45, 2.75) is 25.2 Å². The van der Waals surface area contributed by atoms with Gasteiger partial charge in [-0.3, -0.25) is 9.69 Å². The molecule has 234 valence electrons. The molecule has 1 aliphatic rings. The minimum absolute atomic E-state index is 0.186. The van der Waals surface area contributed by atoms with Crippen LogP contribution in [-0.2, 0) is 21.2 Å². The molecular formula is C33H34N4O5S3. The molecule has 3 aromatic carbocycles. The Kier molecular flexibility index (Phi) is 10.1. The topological polar surface area (TPSA) is 94.0 Å². The van der Waals surface area contributed by atoms with Gasteiger partial charge in [-0.15, -0.1) is 0 Å². The Labute approximate surface area is 273 Å². The van der Waals surface area contributed by atoms with Gasteiger partial charge >= 0.3 is 0 Å². The van der Waals surface area contributed by atoms with Crippen LogP contribution in [0.4, 0.5) is 0 Å². The average Bonchev–Trinajstić information content (AvgIpc) is 3.60. The number of para-hydroxylation sites is 1. The highest BCUT2D eigenvalue weighted by molar-refractivity contribution is 8.26. The van der Waals surface area contributed by atoms with Crippen molar-refractivity contribution >= 4 is 50.3 Å². The molecule has 9 nitrogen and oxygen atoms in total. The number of benzene rings is 3. The van der Waals surface area contributed by atoms with E-state index >= 15 is 0 Å². The molecule has 1 fully saturated rings. The number of thiocarbonyl (C=S) groups is 1. The molecule has 0 unspecified atom stereocenters. The lowest BCUT2D eigenvalue weighted by Crippen LogP contribution is -2.30. The number of thioether (sulfide) groups is 1. The highest BCUT2D eigenvalue weighted by atomic mass is 32.2. The largest absolute Gasteiger partial charge is 0.493 e. The Bertz CT molecular complexity index is 1850. The van der Waals surface area contributed by atoms with Gasteiger partial charge in [-0.25, -0.2) is 13.1 Å². The molecule has 0 N–H and O–H groups in total. The van der Waals surface area contributed by atoms with Crippen LogP contribution in [0.5, 0.6) is 11.5 Å². The molecule has 0 aliphatic carbocycles. The lowest BCUT2D eigenvalue weighted by atomic mass is 10.1. The zero-order valence-electron chi connectivity index (χ0n) is 25.5. The highest BCUT2D eigenvalue weighted by Crippen LogP contribution is 2.36. The van der Waals surface area contributed by atoms with Gasteiger partial charge in [0.25, 0.3) is 5.91 Å². The minimum atomic E-state index is -3.69. The van der Waals surface area contributed by atoms with Crippen LogP contribution in [0.25, 0.3) is 23.0 Å². The van der Waals surface area contributed by atoms with Crippen LogP contribution in [-0.4, -0.2) is 71.5 Å².